The highest BCUT2D eigenvalue weighted by atomic mass is 19.1. The van der Waals surface area contributed by atoms with Gasteiger partial charge in [0.15, 0.2) is 5.69 Å². The molecule has 4 rings (SSSR count). The van der Waals surface area contributed by atoms with E-state index >= 15 is 0 Å². The minimum atomic E-state index is -0.458. The highest BCUT2D eigenvalue weighted by Crippen LogP contribution is 2.24. The van der Waals surface area contributed by atoms with Crippen LogP contribution in [0.1, 0.15) is 16.2 Å². The van der Waals surface area contributed by atoms with Crippen molar-refractivity contribution in [2.75, 3.05) is 43.6 Å². The SMILES string of the molecule is COc1cccc(-n2nnc(C(=O)Nc3ccc(N4CCOCC4)c(F)c3)c2C)c1. The van der Waals surface area contributed by atoms with Crippen molar-refractivity contribution >= 4 is 17.3 Å². The zero-order valence-electron chi connectivity index (χ0n) is 16.8. The summed E-state index contributed by atoms with van der Waals surface area (Å²) < 4.78 is 26.7. The first-order valence-corrected chi connectivity index (χ1v) is 9.57. The Kier molecular flexibility index (Phi) is 5.62. The molecule has 1 aliphatic rings. The lowest BCUT2D eigenvalue weighted by atomic mass is 10.2. The Hall–Kier alpha value is -3.46. The Morgan fingerprint density at radius 3 is 2.73 bits per heavy atom. The van der Waals surface area contributed by atoms with Crippen LogP contribution in [0.2, 0.25) is 0 Å². The van der Waals surface area contributed by atoms with Crippen molar-refractivity contribution in [3.05, 3.63) is 59.7 Å². The van der Waals surface area contributed by atoms with E-state index in [4.69, 9.17) is 9.47 Å². The van der Waals surface area contributed by atoms with Crippen LogP contribution < -0.4 is 15.0 Å². The third-order valence-electron chi connectivity index (χ3n) is 4.96. The predicted octanol–water partition coefficient (Wildman–Crippen LogP) is 2.81. The van der Waals surface area contributed by atoms with Crippen LogP contribution in [-0.4, -0.2) is 54.3 Å². The van der Waals surface area contributed by atoms with Crippen molar-refractivity contribution in [1.29, 1.82) is 0 Å². The first-order chi connectivity index (χ1) is 14.6. The topological polar surface area (TPSA) is 81.5 Å². The molecule has 0 aliphatic carbocycles. The van der Waals surface area contributed by atoms with Crippen molar-refractivity contribution < 1.29 is 18.7 Å². The summed E-state index contributed by atoms with van der Waals surface area (Å²) in [4.78, 5) is 14.6. The molecule has 1 saturated heterocycles. The van der Waals surface area contributed by atoms with E-state index < -0.39 is 11.7 Å². The van der Waals surface area contributed by atoms with Gasteiger partial charge in [-0.25, -0.2) is 9.07 Å². The second-order valence-corrected chi connectivity index (χ2v) is 6.86. The van der Waals surface area contributed by atoms with Gasteiger partial charge in [0.1, 0.15) is 11.6 Å². The Morgan fingerprint density at radius 1 is 1.20 bits per heavy atom. The Labute approximate surface area is 173 Å². The number of carbonyl (C=O) groups excluding carboxylic acids is 1. The number of aromatic nitrogens is 3. The van der Waals surface area contributed by atoms with Gasteiger partial charge in [0.25, 0.3) is 5.91 Å². The van der Waals surface area contributed by atoms with E-state index in [9.17, 15) is 9.18 Å². The molecule has 0 unspecified atom stereocenters. The summed E-state index contributed by atoms with van der Waals surface area (Å²) in [5.41, 5.74) is 2.29. The summed E-state index contributed by atoms with van der Waals surface area (Å²) in [6.07, 6.45) is 0. The molecule has 0 saturated carbocycles. The maximum atomic E-state index is 14.6. The number of hydrogen-bond donors (Lipinski definition) is 1. The molecule has 0 spiro atoms. The average Bonchev–Trinajstić information content (AvgIpc) is 3.16. The van der Waals surface area contributed by atoms with Gasteiger partial charge in [0.05, 0.1) is 37.4 Å². The first-order valence-electron chi connectivity index (χ1n) is 9.57. The number of morpholine rings is 1. The molecule has 1 amide bonds. The molecule has 1 aromatic heterocycles. The second kappa shape index (κ2) is 8.50. The highest BCUT2D eigenvalue weighted by molar-refractivity contribution is 6.03. The van der Waals surface area contributed by atoms with Gasteiger partial charge >= 0.3 is 0 Å². The number of ether oxygens (including phenoxy) is 2. The maximum absolute atomic E-state index is 14.6. The van der Waals surface area contributed by atoms with E-state index in [1.807, 2.05) is 23.1 Å². The fraction of sp³-hybridized carbons (Fsp3) is 0.286. The highest BCUT2D eigenvalue weighted by Gasteiger charge is 2.19. The number of carbonyl (C=O) groups is 1. The molecule has 1 N–H and O–H groups in total. The first kappa shape index (κ1) is 19.8. The van der Waals surface area contributed by atoms with Crippen molar-refractivity contribution in [2.24, 2.45) is 0 Å². The van der Waals surface area contributed by atoms with E-state index in [-0.39, 0.29) is 5.69 Å². The Morgan fingerprint density at radius 2 is 2.00 bits per heavy atom. The minimum absolute atomic E-state index is 0.162. The molecule has 2 heterocycles. The number of hydrogen-bond acceptors (Lipinski definition) is 6. The second-order valence-electron chi connectivity index (χ2n) is 6.86. The quantitative estimate of drug-likeness (QED) is 0.695. The summed E-state index contributed by atoms with van der Waals surface area (Å²) in [6, 6.07) is 11.9. The number of benzene rings is 2. The molecule has 1 aliphatic heterocycles. The van der Waals surface area contributed by atoms with Gasteiger partial charge < -0.3 is 19.7 Å². The van der Waals surface area contributed by atoms with Crippen molar-refractivity contribution in [3.63, 3.8) is 0 Å². The van der Waals surface area contributed by atoms with E-state index in [0.29, 0.717) is 49.1 Å². The molecular formula is C21H22FN5O3. The standard InChI is InChI=1S/C21H22FN5O3/c1-14-20(24-25-27(14)16-4-3-5-17(13-16)29-2)21(28)23-15-6-7-19(18(22)12-15)26-8-10-30-11-9-26/h3-7,12-13H,8-11H2,1-2H3,(H,23,28). The monoisotopic (exact) mass is 411 g/mol. The van der Waals surface area contributed by atoms with Gasteiger partial charge in [-0.2, -0.15) is 0 Å². The van der Waals surface area contributed by atoms with E-state index in [2.05, 4.69) is 15.6 Å². The van der Waals surface area contributed by atoms with Gasteiger partial charge in [-0.15, -0.1) is 5.10 Å². The Balaban J connectivity index is 1.51. The fourth-order valence-electron chi connectivity index (χ4n) is 3.36. The summed E-state index contributed by atoms with van der Waals surface area (Å²) in [5.74, 6) is -0.184. The number of halogens is 1. The molecule has 1 fully saturated rings. The number of nitrogens with one attached hydrogen (secondary N) is 1. The van der Waals surface area contributed by atoms with Gasteiger partial charge in [0.2, 0.25) is 0 Å². The van der Waals surface area contributed by atoms with Gasteiger partial charge in [-0.1, -0.05) is 11.3 Å². The summed E-state index contributed by atoms with van der Waals surface area (Å²) >= 11 is 0. The van der Waals surface area contributed by atoms with E-state index in [1.165, 1.54) is 6.07 Å². The average molecular weight is 411 g/mol. The lowest BCUT2D eigenvalue weighted by molar-refractivity contribution is 0.102. The fourth-order valence-corrected chi connectivity index (χ4v) is 3.36. The molecule has 8 nitrogen and oxygen atoms in total. The van der Waals surface area contributed by atoms with Crippen LogP contribution in [0.5, 0.6) is 5.75 Å². The molecule has 156 valence electrons. The molecule has 30 heavy (non-hydrogen) atoms. The predicted molar refractivity (Wildman–Crippen MR) is 110 cm³/mol. The zero-order chi connectivity index (χ0) is 21.1. The van der Waals surface area contributed by atoms with Crippen molar-refractivity contribution in [1.82, 2.24) is 15.0 Å². The summed E-state index contributed by atoms with van der Waals surface area (Å²) in [7, 11) is 1.58. The Bertz CT molecular complexity index is 1060. The number of anilines is 2. The smallest absolute Gasteiger partial charge is 0.278 e. The normalized spacial score (nSPS) is 13.9. The van der Waals surface area contributed by atoms with Crippen LogP contribution in [0.25, 0.3) is 5.69 Å². The number of rotatable bonds is 5. The molecular weight excluding hydrogens is 389 g/mol. The van der Waals surface area contributed by atoms with Crippen LogP contribution in [-0.2, 0) is 4.74 Å². The largest absolute Gasteiger partial charge is 0.497 e. The maximum Gasteiger partial charge on any atom is 0.278 e. The van der Waals surface area contributed by atoms with E-state index in [0.717, 1.165) is 5.69 Å². The molecule has 9 heteroatoms. The van der Waals surface area contributed by atoms with Gasteiger partial charge in [-0.05, 0) is 37.3 Å². The summed E-state index contributed by atoms with van der Waals surface area (Å²) in [6.45, 7) is 4.15. The summed E-state index contributed by atoms with van der Waals surface area (Å²) in [5, 5.41) is 10.8. The minimum Gasteiger partial charge on any atom is -0.497 e. The number of amides is 1. The number of methoxy groups -OCH3 is 1. The van der Waals surface area contributed by atoms with Crippen LogP contribution in [0.15, 0.2) is 42.5 Å². The third-order valence-corrected chi connectivity index (χ3v) is 4.96. The number of nitrogens with zero attached hydrogens (tertiary/aromatic N) is 4. The van der Waals surface area contributed by atoms with Crippen LogP contribution in [0.4, 0.5) is 15.8 Å². The zero-order valence-corrected chi connectivity index (χ0v) is 16.8. The lowest BCUT2D eigenvalue weighted by Gasteiger charge is -2.29. The molecule has 0 atom stereocenters. The molecule has 2 aromatic carbocycles. The third kappa shape index (κ3) is 3.97. The van der Waals surface area contributed by atoms with Gasteiger partial charge in [-0.3, -0.25) is 4.79 Å². The van der Waals surface area contributed by atoms with Crippen LogP contribution >= 0.6 is 0 Å². The molecule has 0 bridgehead atoms. The lowest BCUT2D eigenvalue weighted by Crippen LogP contribution is -2.36. The van der Waals surface area contributed by atoms with Crippen LogP contribution in [0, 0.1) is 12.7 Å². The van der Waals surface area contributed by atoms with Crippen molar-refractivity contribution in [2.45, 2.75) is 6.92 Å². The van der Waals surface area contributed by atoms with E-state index in [1.54, 1.807) is 36.9 Å². The van der Waals surface area contributed by atoms with Gasteiger partial charge in [0, 0.05) is 24.8 Å². The van der Waals surface area contributed by atoms with Crippen LogP contribution in [0.3, 0.4) is 0 Å². The van der Waals surface area contributed by atoms with Crippen molar-refractivity contribution in [3.8, 4) is 11.4 Å². The molecule has 3 aromatic rings. The molecule has 0 radical (unpaired) electrons.